The van der Waals surface area contributed by atoms with Crippen LogP contribution in [0.5, 0.6) is 0 Å². The van der Waals surface area contributed by atoms with Crippen LogP contribution in [-0.4, -0.2) is 73.5 Å². The fourth-order valence-electron chi connectivity index (χ4n) is 2.75. The van der Waals surface area contributed by atoms with Crippen LogP contribution in [0.2, 0.25) is 0 Å². The van der Waals surface area contributed by atoms with Crippen molar-refractivity contribution in [2.75, 3.05) is 57.9 Å². The number of anilines is 1. The highest BCUT2D eigenvalue weighted by Gasteiger charge is 2.39. The Morgan fingerprint density at radius 3 is 2.79 bits per heavy atom. The fraction of sp³-hybridized carbons (Fsp3) is 0.692. The molecule has 3 rings (SSSR count). The number of ether oxygens (including phenoxy) is 2. The molecule has 0 bridgehead atoms. The molecule has 2 aliphatic rings. The highest BCUT2D eigenvalue weighted by molar-refractivity contribution is 5.30. The molecule has 2 aliphatic heterocycles. The van der Waals surface area contributed by atoms with Crippen molar-refractivity contribution in [3.8, 4) is 0 Å². The van der Waals surface area contributed by atoms with Crippen LogP contribution in [0.1, 0.15) is 0 Å². The molecule has 104 valence electrons. The summed E-state index contributed by atoms with van der Waals surface area (Å²) in [6, 6.07) is 1.83. The van der Waals surface area contributed by atoms with E-state index in [1.807, 2.05) is 6.07 Å². The normalized spacial score (nSPS) is 29.4. The molecule has 6 nitrogen and oxygen atoms in total. The largest absolute Gasteiger partial charge is 0.376 e. The average molecular weight is 264 g/mol. The Hall–Kier alpha value is -1.24. The van der Waals surface area contributed by atoms with Gasteiger partial charge in [-0.15, -0.1) is 0 Å². The Morgan fingerprint density at radius 1 is 1.16 bits per heavy atom. The van der Waals surface area contributed by atoms with Gasteiger partial charge in [-0.05, 0) is 13.1 Å². The summed E-state index contributed by atoms with van der Waals surface area (Å²) in [6.45, 7) is 5.53. The van der Waals surface area contributed by atoms with E-state index in [4.69, 9.17) is 9.47 Å². The Morgan fingerprint density at radius 2 is 2.00 bits per heavy atom. The molecule has 0 radical (unpaired) electrons. The van der Waals surface area contributed by atoms with Crippen LogP contribution in [-0.2, 0) is 9.47 Å². The van der Waals surface area contributed by atoms with E-state index in [-0.39, 0.29) is 5.60 Å². The van der Waals surface area contributed by atoms with Gasteiger partial charge in [0.15, 0.2) is 0 Å². The van der Waals surface area contributed by atoms with Crippen molar-refractivity contribution in [2.24, 2.45) is 0 Å². The van der Waals surface area contributed by atoms with Crippen LogP contribution in [0.25, 0.3) is 0 Å². The fourth-order valence-corrected chi connectivity index (χ4v) is 2.75. The second-order valence-electron chi connectivity index (χ2n) is 5.29. The first-order valence-electron chi connectivity index (χ1n) is 6.70. The number of morpholine rings is 1. The van der Waals surface area contributed by atoms with Crippen LogP contribution in [0.15, 0.2) is 18.5 Å². The first-order chi connectivity index (χ1) is 9.27. The second-order valence-corrected chi connectivity index (χ2v) is 5.29. The summed E-state index contributed by atoms with van der Waals surface area (Å²) in [7, 11) is 2.12. The van der Waals surface area contributed by atoms with E-state index >= 15 is 0 Å². The molecule has 1 aromatic heterocycles. The Labute approximate surface area is 113 Å². The zero-order valence-electron chi connectivity index (χ0n) is 11.3. The van der Waals surface area contributed by atoms with Crippen LogP contribution in [0.3, 0.4) is 0 Å². The van der Waals surface area contributed by atoms with Gasteiger partial charge in [0.25, 0.3) is 0 Å². The SMILES string of the molecule is CN1CCO[C@@]2(COCCN(c3ncccn3)C2)C1. The summed E-state index contributed by atoms with van der Waals surface area (Å²) in [6.07, 6.45) is 3.54. The molecular weight excluding hydrogens is 244 g/mol. The molecule has 19 heavy (non-hydrogen) atoms. The van der Waals surface area contributed by atoms with Crippen molar-refractivity contribution < 1.29 is 9.47 Å². The van der Waals surface area contributed by atoms with Crippen LogP contribution < -0.4 is 4.90 Å². The molecule has 1 aromatic rings. The number of hydrogen-bond donors (Lipinski definition) is 0. The number of nitrogens with zero attached hydrogens (tertiary/aromatic N) is 4. The minimum absolute atomic E-state index is 0.261. The van der Waals surface area contributed by atoms with E-state index in [1.54, 1.807) is 12.4 Å². The third-order valence-electron chi connectivity index (χ3n) is 3.62. The van der Waals surface area contributed by atoms with Crippen molar-refractivity contribution >= 4 is 5.95 Å². The zero-order chi connectivity index (χ0) is 13.1. The average Bonchev–Trinajstić information content (AvgIpc) is 2.62. The van der Waals surface area contributed by atoms with Gasteiger partial charge < -0.3 is 19.3 Å². The molecule has 0 amide bonds. The minimum Gasteiger partial charge on any atom is -0.376 e. The molecule has 0 aliphatic carbocycles. The Balaban J connectivity index is 1.79. The summed E-state index contributed by atoms with van der Waals surface area (Å²) in [5, 5.41) is 0. The van der Waals surface area contributed by atoms with Gasteiger partial charge in [0, 0.05) is 32.0 Å². The van der Waals surface area contributed by atoms with Crippen LogP contribution in [0, 0.1) is 0 Å². The van der Waals surface area contributed by atoms with Crippen LogP contribution >= 0.6 is 0 Å². The topological polar surface area (TPSA) is 50.7 Å². The predicted molar refractivity (Wildman–Crippen MR) is 71.2 cm³/mol. The van der Waals surface area contributed by atoms with E-state index < -0.39 is 0 Å². The molecule has 2 saturated heterocycles. The van der Waals surface area contributed by atoms with Gasteiger partial charge in [-0.3, -0.25) is 0 Å². The third-order valence-corrected chi connectivity index (χ3v) is 3.62. The molecule has 6 heteroatoms. The summed E-state index contributed by atoms with van der Waals surface area (Å²) in [5.41, 5.74) is -0.261. The molecule has 0 N–H and O–H groups in total. The number of rotatable bonds is 1. The van der Waals surface area contributed by atoms with Gasteiger partial charge in [-0.2, -0.15) is 0 Å². The third kappa shape index (κ3) is 2.86. The zero-order valence-corrected chi connectivity index (χ0v) is 11.3. The summed E-state index contributed by atoms with van der Waals surface area (Å²) in [5.74, 6) is 0.754. The number of likely N-dealkylation sites (N-methyl/N-ethyl adjacent to an activating group) is 1. The highest BCUT2D eigenvalue weighted by Crippen LogP contribution is 2.23. The quantitative estimate of drug-likeness (QED) is 0.712. The molecule has 1 spiro atoms. The first-order valence-corrected chi connectivity index (χ1v) is 6.70. The van der Waals surface area contributed by atoms with Gasteiger partial charge in [-0.25, -0.2) is 9.97 Å². The molecule has 0 aromatic carbocycles. The van der Waals surface area contributed by atoms with Crippen molar-refractivity contribution in [1.29, 1.82) is 0 Å². The second kappa shape index (κ2) is 5.40. The van der Waals surface area contributed by atoms with Gasteiger partial charge in [0.1, 0.15) is 5.60 Å². The molecule has 0 saturated carbocycles. The maximum atomic E-state index is 6.04. The predicted octanol–water partition coefficient (Wildman–Crippen LogP) is 0.0140. The summed E-state index contributed by atoms with van der Waals surface area (Å²) < 4.78 is 11.8. The minimum atomic E-state index is -0.261. The summed E-state index contributed by atoms with van der Waals surface area (Å²) in [4.78, 5) is 13.1. The van der Waals surface area contributed by atoms with E-state index in [0.717, 1.165) is 38.7 Å². The Kier molecular flexibility index (Phi) is 3.63. The standard InChI is InChI=1S/C13H20N4O2/c1-16-5-8-19-13(9-16)10-17(6-7-18-11-13)12-14-3-2-4-15-12/h2-4H,5-11H2,1H3/t13-/m0/s1. The van der Waals surface area contributed by atoms with Gasteiger partial charge in [0.2, 0.25) is 5.95 Å². The molecule has 2 fully saturated rings. The van der Waals surface area contributed by atoms with Gasteiger partial charge in [0.05, 0.1) is 26.4 Å². The highest BCUT2D eigenvalue weighted by atomic mass is 16.5. The smallest absolute Gasteiger partial charge is 0.225 e. The van der Waals surface area contributed by atoms with Gasteiger partial charge >= 0.3 is 0 Å². The van der Waals surface area contributed by atoms with Crippen molar-refractivity contribution in [3.63, 3.8) is 0 Å². The molecule has 0 unspecified atom stereocenters. The lowest BCUT2D eigenvalue weighted by atomic mass is 10.0. The van der Waals surface area contributed by atoms with E-state index in [1.165, 1.54) is 0 Å². The van der Waals surface area contributed by atoms with Crippen LogP contribution in [0.4, 0.5) is 5.95 Å². The number of aromatic nitrogens is 2. The lowest BCUT2D eigenvalue weighted by Gasteiger charge is -2.42. The molecule has 1 atom stereocenters. The number of hydrogen-bond acceptors (Lipinski definition) is 6. The maximum Gasteiger partial charge on any atom is 0.225 e. The molecular formula is C13H20N4O2. The van der Waals surface area contributed by atoms with Gasteiger partial charge in [-0.1, -0.05) is 0 Å². The molecule has 3 heterocycles. The summed E-state index contributed by atoms with van der Waals surface area (Å²) >= 11 is 0. The van der Waals surface area contributed by atoms with E-state index in [2.05, 4.69) is 26.8 Å². The lowest BCUT2D eigenvalue weighted by Crippen LogP contribution is -2.58. The van der Waals surface area contributed by atoms with Crippen molar-refractivity contribution in [2.45, 2.75) is 5.60 Å². The first kappa shape index (κ1) is 12.8. The van der Waals surface area contributed by atoms with E-state index in [0.29, 0.717) is 13.2 Å². The van der Waals surface area contributed by atoms with Crippen molar-refractivity contribution in [3.05, 3.63) is 18.5 Å². The van der Waals surface area contributed by atoms with Crippen molar-refractivity contribution in [1.82, 2.24) is 14.9 Å². The monoisotopic (exact) mass is 264 g/mol. The Bertz CT molecular complexity index is 416. The maximum absolute atomic E-state index is 6.04. The lowest BCUT2D eigenvalue weighted by molar-refractivity contribution is -0.127. The van der Waals surface area contributed by atoms with E-state index in [9.17, 15) is 0 Å².